The quantitative estimate of drug-likeness (QED) is 0.630. The Bertz CT molecular complexity index is 110. The van der Waals surface area contributed by atoms with Crippen LogP contribution in [-0.4, -0.2) is 18.8 Å². The van der Waals surface area contributed by atoms with Crippen LogP contribution in [0.3, 0.4) is 0 Å². The molecule has 2 unspecified atom stereocenters. The first-order valence-corrected chi connectivity index (χ1v) is 5.22. The van der Waals surface area contributed by atoms with Crippen LogP contribution in [0.25, 0.3) is 0 Å². The first-order chi connectivity index (χ1) is 5.84. The van der Waals surface area contributed by atoms with Crippen molar-refractivity contribution >= 4 is 0 Å². The Morgan fingerprint density at radius 2 is 2.33 bits per heavy atom. The van der Waals surface area contributed by atoms with Gasteiger partial charge in [-0.3, -0.25) is 0 Å². The van der Waals surface area contributed by atoms with Crippen LogP contribution in [0, 0.1) is 0 Å². The first-order valence-electron chi connectivity index (χ1n) is 5.22. The molecular weight excluding hydrogens is 153 g/mol. The fraction of sp³-hybridized carbons (Fsp3) is 1.00. The molecule has 1 aliphatic heterocycles. The molecule has 12 heavy (non-hydrogen) atoms. The van der Waals surface area contributed by atoms with Crippen LogP contribution in [0.4, 0.5) is 4.39 Å². The molecule has 0 aromatic rings. The van der Waals surface area contributed by atoms with Gasteiger partial charge in [0.25, 0.3) is 0 Å². The molecule has 2 atom stereocenters. The molecule has 0 saturated carbocycles. The number of halogens is 1. The Balaban J connectivity index is 2.05. The van der Waals surface area contributed by atoms with Crippen LogP contribution in [0.5, 0.6) is 0 Å². The molecule has 1 N–H and O–H groups in total. The summed E-state index contributed by atoms with van der Waals surface area (Å²) < 4.78 is 13.4. The van der Waals surface area contributed by atoms with Gasteiger partial charge in [-0.05, 0) is 25.8 Å². The van der Waals surface area contributed by atoms with Gasteiger partial charge in [0.2, 0.25) is 0 Å². The summed E-state index contributed by atoms with van der Waals surface area (Å²) in [5, 5.41) is 3.21. The highest BCUT2D eigenvalue weighted by Gasteiger charge is 2.23. The number of unbranched alkanes of at least 4 members (excludes halogenated alkanes) is 2. The summed E-state index contributed by atoms with van der Waals surface area (Å²) in [5.74, 6) is 0. The van der Waals surface area contributed by atoms with Crippen LogP contribution in [0.2, 0.25) is 0 Å². The van der Waals surface area contributed by atoms with Crippen molar-refractivity contribution in [2.45, 2.75) is 57.7 Å². The molecule has 0 amide bonds. The normalized spacial score (nSPS) is 26.0. The van der Waals surface area contributed by atoms with E-state index >= 15 is 0 Å². The highest BCUT2D eigenvalue weighted by molar-refractivity contribution is 4.81. The third-order valence-electron chi connectivity index (χ3n) is 2.62. The minimum Gasteiger partial charge on any atom is -0.311 e. The fourth-order valence-corrected chi connectivity index (χ4v) is 1.81. The molecule has 1 saturated heterocycles. The lowest BCUT2D eigenvalue weighted by Crippen LogP contribution is -2.31. The van der Waals surface area contributed by atoms with E-state index in [0.29, 0.717) is 0 Å². The van der Waals surface area contributed by atoms with Crippen LogP contribution in [0.1, 0.15) is 45.4 Å². The standard InChI is InChI=1S/C10H20FN/c1-2-3-4-6-9(11)10-7-5-8-12-10/h9-10,12H,2-8H2,1H3. The lowest BCUT2D eigenvalue weighted by Gasteiger charge is -2.15. The molecule has 0 aromatic heterocycles. The first kappa shape index (κ1) is 9.97. The van der Waals surface area contributed by atoms with E-state index in [0.717, 1.165) is 32.2 Å². The number of rotatable bonds is 5. The topological polar surface area (TPSA) is 12.0 Å². The van der Waals surface area contributed by atoms with Crippen molar-refractivity contribution < 1.29 is 4.39 Å². The van der Waals surface area contributed by atoms with Gasteiger partial charge in [0.15, 0.2) is 0 Å². The number of alkyl halides is 1. The molecule has 1 heterocycles. The fourth-order valence-electron chi connectivity index (χ4n) is 1.81. The van der Waals surface area contributed by atoms with Crippen LogP contribution in [-0.2, 0) is 0 Å². The highest BCUT2D eigenvalue weighted by atomic mass is 19.1. The maximum atomic E-state index is 13.4. The number of hydrogen-bond donors (Lipinski definition) is 1. The van der Waals surface area contributed by atoms with E-state index in [9.17, 15) is 4.39 Å². The van der Waals surface area contributed by atoms with E-state index in [1.54, 1.807) is 0 Å². The molecule has 0 aliphatic carbocycles. The second kappa shape index (κ2) is 5.52. The SMILES string of the molecule is CCCCCC(F)C1CCCN1. The molecule has 72 valence electrons. The van der Waals surface area contributed by atoms with Gasteiger partial charge in [0.1, 0.15) is 6.17 Å². The predicted octanol–water partition coefficient (Wildman–Crippen LogP) is 2.66. The molecular formula is C10H20FN. The lowest BCUT2D eigenvalue weighted by atomic mass is 10.0. The second-order valence-electron chi connectivity index (χ2n) is 3.71. The summed E-state index contributed by atoms with van der Waals surface area (Å²) >= 11 is 0. The van der Waals surface area contributed by atoms with Gasteiger partial charge in [-0.2, -0.15) is 0 Å². The van der Waals surface area contributed by atoms with E-state index in [1.165, 1.54) is 12.8 Å². The average molecular weight is 173 g/mol. The van der Waals surface area contributed by atoms with Gasteiger partial charge >= 0.3 is 0 Å². The van der Waals surface area contributed by atoms with Gasteiger partial charge in [0, 0.05) is 6.04 Å². The second-order valence-corrected chi connectivity index (χ2v) is 3.71. The van der Waals surface area contributed by atoms with Gasteiger partial charge in [-0.1, -0.05) is 26.2 Å². The van der Waals surface area contributed by atoms with Crippen molar-refractivity contribution in [3.8, 4) is 0 Å². The Kier molecular flexibility index (Phi) is 4.59. The van der Waals surface area contributed by atoms with Crippen molar-refractivity contribution in [3.63, 3.8) is 0 Å². The van der Waals surface area contributed by atoms with Gasteiger partial charge < -0.3 is 5.32 Å². The van der Waals surface area contributed by atoms with Crippen molar-refractivity contribution in [3.05, 3.63) is 0 Å². The molecule has 0 bridgehead atoms. The molecule has 1 rings (SSSR count). The Hall–Kier alpha value is -0.110. The van der Waals surface area contributed by atoms with Crippen molar-refractivity contribution in [1.29, 1.82) is 0 Å². The molecule has 1 nitrogen and oxygen atoms in total. The molecule has 0 radical (unpaired) electrons. The van der Waals surface area contributed by atoms with E-state index < -0.39 is 6.17 Å². The minimum absolute atomic E-state index is 0.168. The van der Waals surface area contributed by atoms with Gasteiger partial charge in [0.05, 0.1) is 0 Å². The monoisotopic (exact) mass is 173 g/mol. The molecule has 2 heteroatoms. The zero-order valence-corrected chi connectivity index (χ0v) is 7.98. The number of nitrogens with one attached hydrogen (secondary N) is 1. The smallest absolute Gasteiger partial charge is 0.115 e. The Morgan fingerprint density at radius 3 is 2.92 bits per heavy atom. The van der Waals surface area contributed by atoms with Crippen molar-refractivity contribution in [2.24, 2.45) is 0 Å². The van der Waals surface area contributed by atoms with Crippen LogP contribution < -0.4 is 5.32 Å². The zero-order chi connectivity index (χ0) is 8.81. The maximum absolute atomic E-state index is 13.4. The summed E-state index contributed by atoms with van der Waals surface area (Å²) in [4.78, 5) is 0. The Labute approximate surface area is 74.7 Å². The van der Waals surface area contributed by atoms with Crippen molar-refractivity contribution in [1.82, 2.24) is 5.32 Å². The van der Waals surface area contributed by atoms with E-state index in [1.807, 2.05) is 0 Å². The minimum atomic E-state index is -0.598. The molecule has 1 aliphatic rings. The van der Waals surface area contributed by atoms with Gasteiger partial charge in [-0.25, -0.2) is 4.39 Å². The average Bonchev–Trinajstić information content (AvgIpc) is 2.56. The summed E-state index contributed by atoms with van der Waals surface area (Å²) in [6.45, 7) is 3.17. The summed E-state index contributed by atoms with van der Waals surface area (Å²) in [5.41, 5.74) is 0. The molecule has 1 fully saturated rings. The summed E-state index contributed by atoms with van der Waals surface area (Å²) in [6, 6.07) is 0.168. The third-order valence-corrected chi connectivity index (χ3v) is 2.62. The van der Waals surface area contributed by atoms with Crippen LogP contribution >= 0.6 is 0 Å². The van der Waals surface area contributed by atoms with E-state index in [-0.39, 0.29) is 6.04 Å². The van der Waals surface area contributed by atoms with Crippen LogP contribution in [0.15, 0.2) is 0 Å². The highest BCUT2D eigenvalue weighted by Crippen LogP contribution is 2.17. The molecule has 0 aromatic carbocycles. The lowest BCUT2D eigenvalue weighted by molar-refractivity contribution is 0.244. The predicted molar refractivity (Wildman–Crippen MR) is 50.1 cm³/mol. The number of hydrogen-bond acceptors (Lipinski definition) is 1. The van der Waals surface area contributed by atoms with Crippen molar-refractivity contribution in [2.75, 3.05) is 6.54 Å². The maximum Gasteiger partial charge on any atom is 0.115 e. The van der Waals surface area contributed by atoms with Gasteiger partial charge in [-0.15, -0.1) is 0 Å². The summed E-state index contributed by atoms with van der Waals surface area (Å²) in [6.07, 6.45) is 5.75. The largest absolute Gasteiger partial charge is 0.311 e. The van der Waals surface area contributed by atoms with E-state index in [2.05, 4.69) is 12.2 Å². The molecule has 0 spiro atoms. The third kappa shape index (κ3) is 3.10. The Morgan fingerprint density at radius 1 is 1.50 bits per heavy atom. The summed E-state index contributed by atoms with van der Waals surface area (Å²) in [7, 11) is 0. The zero-order valence-electron chi connectivity index (χ0n) is 7.98. The van der Waals surface area contributed by atoms with E-state index in [4.69, 9.17) is 0 Å².